The first-order valence-electron chi connectivity index (χ1n) is 10.9. The summed E-state index contributed by atoms with van der Waals surface area (Å²) < 4.78 is 7.64. The minimum Gasteiger partial charge on any atom is -0.481 e. The van der Waals surface area contributed by atoms with Gasteiger partial charge in [0, 0.05) is 61.4 Å². The summed E-state index contributed by atoms with van der Waals surface area (Å²) in [7, 11) is 1.84. The smallest absolute Gasteiger partial charge is 0.303 e. The molecule has 2 N–H and O–H groups in total. The zero-order valence-corrected chi connectivity index (χ0v) is 18.9. The van der Waals surface area contributed by atoms with Gasteiger partial charge in [-0.15, -0.1) is 0 Å². The number of fused-ring (bicyclic) bond motifs is 1. The number of nitriles is 1. The van der Waals surface area contributed by atoms with E-state index in [0.29, 0.717) is 48.3 Å². The number of nitrogens with zero attached hydrogens (tertiary/aromatic N) is 3. The number of aryl methyl sites for hydroxylation is 1. The topological polar surface area (TPSA) is 117 Å². The lowest BCUT2D eigenvalue weighted by atomic mass is 9.95. The van der Waals surface area contributed by atoms with Crippen LogP contribution in [0.3, 0.4) is 0 Å². The number of aromatic nitrogens is 2. The molecule has 0 bridgehead atoms. The van der Waals surface area contributed by atoms with Gasteiger partial charge in [-0.25, -0.2) is 4.98 Å². The van der Waals surface area contributed by atoms with E-state index in [9.17, 15) is 14.9 Å². The number of carboxylic acid groups (broad SMARTS) is 1. The van der Waals surface area contributed by atoms with Gasteiger partial charge in [0.05, 0.1) is 18.8 Å². The lowest BCUT2D eigenvalue weighted by Crippen LogP contribution is -2.15. The molecule has 2 aromatic heterocycles. The van der Waals surface area contributed by atoms with Gasteiger partial charge in [-0.3, -0.25) is 9.59 Å². The highest BCUT2D eigenvalue weighted by atomic mass is 16.5. The van der Waals surface area contributed by atoms with Crippen molar-refractivity contribution in [2.45, 2.75) is 26.2 Å². The molecule has 0 aliphatic heterocycles. The monoisotopic (exact) mass is 448 g/mol. The summed E-state index contributed by atoms with van der Waals surface area (Å²) in [6.07, 6.45) is 2.01. The van der Waals surface area contributed by atoms with Crippen molar-refractivity contribution in [1.82, 2.24) is 9.55 Å². The zero-order chi connectivity index (χ0) is 23.8. The summed E-state index contributed by atoms with van der Waals surface area (Å²) in [4.78, 5) is 28.6. The number of hydrogen-bond donors (Lipinski definition) is 2. The fraction of sp³-hybridized carbons (Fsp3) is 0.360. The van der Waals surface area contributed by atoms with E-state index in [0.717, 1.165) is 11.4 Å². The molecule has 8 nitrogen and oxygen atoms in total. The Morgan fingerprint density at radius 1 is 1.24 bits per heavy atom. The van der Waals surface area contributed by atoms with E-state index in [1.165, 1.54) is 6.20 Å². The number of rotatable bonds is 12. The first kappa shape index (κ1) is 24.0. The van der Waals surface area contributed by atoms with Gasteiger partial charge >= 0.3 is 5.97 Å². The van der Waals surface area contributed by atoms with Crippen LogP contribution in [0.15, 0.2) is 42.6 Å². The first-order valence-corrected chi connectivity index (χ1v) is 10.9. The summed E-state index contributed by atoms with van der Waals surface area (Å²) in [5.74, 6) is -1.38. The third kappa shape index (κ3) is 6.18. The van der Waals surface area contributed by atoms with E-state index in [1.807, 2.05) is 41.9 Å². The molecule has 172 valence electrons. The number of Topliss-reactive ketones (excluding diaryl/α,β-unsaturated/α-hetero) is 1. The number of carbonyl (C=O) groups is 2. The fourth-order valence-corrected chi connectivity index (χ4v) is 3.91. The Balaban J connectivity index is 1.73. The van der Waals surface area contributed by atoms with Crippen LogP contribution < -0.4 is 5.32 Å². The van der Waals surface area contributed by atoms with Gasteiger partial charge in [-0.1, -0.05) is 25.1 Å². The Morgan fingerprint density at radius 2 is 2.00 bits per heavy atom. The molecule has 0 amide bonds. The number of aliphatic carboxylic acids is 1. The molecule has 0 aliphatic carbocycles. The van der Waals surface area contributed by atoms with Crippen molar-refractivity contribution >= 4 is 28.5 Å². The second kappa shape index (κ2) is 11.2. The molecule has 3 aromatic rings. The molecule has 0 unspecified atom stereocenters. The summed E-state index contributed by atoms with van der Waals surface area (Å²) >= 11 is 0. The molecule has 0 fully saturated rings. The van der Waals surface area contributed by atoms with E-state index in [1.54, 1.807) is 13.0 Å². The molecule has 0 spiro atoms. The predicted molar refractivity (Wildman–Crippen MR) is 125 cm³/mol. The molecule has 33 heavy (non-hydrogen) atoms. The molecule has 3 rings (SSSR count). The number of anilines is 1. The third-order valence-electron chi connectivity index (χ3n) is 5.44. The maximum absolute atomic E-state index is 13.2. The van der Waals surface area contributed by atoms with Crippen molar-refractivity contribution in [2.75, 3.05) is 25.1 Å². The molecule has 0 aliphatic rings. The number of ketones is 1. The van der Waals surface area contributed by atoms with Crippen LogP contribution in [0, 0.1) is 17.2 Å². The number of carboxylic acids is 1. The second-order valence-electron chi connectivity index (χ2n) is 8.07. The van der Waals surface area contributed by atoms with Crippen LogP contribution in [0.2, 0.25) is 0 Å². The Bertz CT molecular complexity index is 1160. The predicted octanol–water partition coefficient (Wildman–Crippen LogP) is 3.80. The van der Waals surface area contributed by atoms with Crippen molar-refractivity contribution in [1.29, 1.82) is 5.26 Å². The number of ether oxygens (including phenoxy) is 1. The van der Waals surface area contributed by atoms with Crippen molar-refractivity contribution < 1.29 is 19.4 Å². The molecule has 8 heteroatoms. The quantitative estimate of drug-likeness (QED) is 0.320. The highest BCUT2D eigenvalue weighted by molar-refractivity contribution is 6.09. The Morgan fingerprint density at radius 3 is 2.70 bits per heavy atom. The number of hydrogen-bond acceptors (Lipinski definition) is 6. The molecular formula is C25H28N4O4. The summed E-state index contributed by atoms with van der Waals surface area (Å²) in [5.41, 5.74) is 3.29. The van der Waals surface area contributed by atoms with E-state index >= 15 is 0 Å². The summed E-state index contributed by atoms with van der Waals surface area (Å²) in [6.45, 7) is 3.33. The molecule has 0 saturated carbocycles. The Hall–Kier alpha value is -3.70. The largest absolute Gasteiger partial charge is 0.481 e. The third-order valence-corrected chi connectivity index (χ3v) is 5.44. The minimum absolute atomic E-state index is 0.0783. The molecule has 1 atom stereocenters. The van der Waals surface area contributed by atoms with Crippen molar-refractivity contribution in [3.8, 4) is 6.07 Å². The average Bonchev–Trinajstić information content (AvgIpc) is 3.07. The van der Waals surface area contributed by atoms with Crippen molar-refractivity contribution in [2.24, 2.45) is 13.0 Å². The summed E-state index contributed by atoms with van der Waals surface area (Å²) in [6, 6.07) is 13.6. The highest BCUT2D eigenvalue weighted by Crippen LogP contribution is 2.28. The molecule has 1 aromatic carbocycles. The number of pyridine rings is 1. The van der Waals surface area contributed by atoms with Crippen LogP contribution in [0.25, 0.3) is 11.0 Å². The van der Waals surface area contributed by atoms with E-state index in [4.69, 9.17) is 9.84 Å². The van der Waals surface area contributed by atoms with Crippen LogP contribution in [0.5, 0.6) is 0 Å². The highest BCUT2D eigenvalue weighted by Gasteiger charge is 2.24. The van der Waals surface area contributed by atoms with Gasteiger partial charge in [0.25, 0.3) is 0 Å². The van der Waals surface area contributed by atoms with E-state index < -0.39 is 5.97 Å². The van der Waals surface area contributed by atoms with Crippen molar-refractivity contribution in [3.05, 3.63) is 59.4 Å². The maximum Gasteiger partial charge on any atom is 0.303 e. The van der Waals surface area contributed by atoms with Gasteiger partial charge in [-0.2, -0.15) is 5.26 Å². The number of para-hydroxylation sites is 1. The number of nitrogens with one attached hydrogen (secondary N) is 1. The Kier molecular flexibility index (Phi) is 8.17. The lowest BCUT2D eigenvalue weighted by Gasteiger charge is -2.11. The zero-order valence-electron chi connectivity index (χ0n) is 18.9. The van der Waals surface area contributed by atoms with Crippen LogP contribution >= 0.6 is 0 Å². The van der Waals surface area contributed by atoms with Crippen LogP contribution in [-0.2, 0) is 23.0 Å². The van der Waals surface area contributed by atoms with Gasteiger partial charge in [0.2, 0.25) is 0 Å². The molecule has 0 radical (unpaired) electrons. The fourth-order valence-electron chi connectivity index (χ4n) is 3.91. The van der Waals surface area contributed by atoms with Gasteiger partial charge < -0.3 is 19.7 Å². The summed E-state index contributed by atoms with van der Waals surface area (Å²) in [5, 5.41) is 22.2. The van der Waals surface area contributed by atoms with Gasteiger partial charge in [-0.05, 0) is 24.1 Å². The minimum atomic E-state index is -0.931. The van der Waals surface area contributed by atoms with Gasteiger partial charge in [0.15, 0.2) is 5.78 Å². The second-order valence-corrected chi connectivity index (χ2v) is 8.07. The normalized spacial score (nSPS) is 11.8. The first-order chi connectivity index (χ1) is 15.9. The SMILES string of the molecule is C[C@H](CC(=O)O)CC(=O)c1c(CCOCCNc2ccccc2)n(C)c2ncc(C#N)cc12. The molecule has 0 saturated heterocycles. The molecule has 2 heterocycles. The van der Waals surface area contributed by atoms with Crippen LogP contribution in [0.4, 0.5) is 5.69 Å². The van der Waals surface area contributed by atoms with E-state index in [-0.39, 0.29) is 24.5 Å². The van der Waals surface area contributed by atoms with Gasteiger partial charge in [0.1, 0.15) is 11.7 Å². The lowest BCUT2D eigenvalue weighted by molar-refractivity contribution is -0.137. The van der Waals surface area contributed by atoms with E-state index in [2.05, 4.69) is 16.4 Å². The Labute approximate surface area is 192 Å². The average molecular weight is 449 g/mol. The molecular weight excluding hydrogens is 420 g/mol. The number of carbonyl (C=O) groups excluding carboxylic acids is 1. The van der Waals surface area contributed by atoms with Crippen molar-refractivity contribution in [3.63, 3.8) is 0 Å². The van der Waals surface area contributed by atoms with Crippen LogP contribution in [0.1, 0.15) is 41.4 Å². The number of benzene rings is 1. The standard InChI is InChI=1S/C25H28N4O4/c1-17(13-23(31)32)12-22(30)24-20-14-18(15-26)16-28-25(20)29(2)21(24)8-10-33-11-9-27-19-6-4-3-5-7-19/h3-7,14,16-17,27H,8-13H2,1-2H3,(H,31,32)/t17-/m0/s1. The maximum atomic E-state index is 13.2. The van der Waals surface area contributed by atoms with Crippen LogP contribution in [-0.4, -0.2) is 46.2 Å².